The van der Waals surface area contributed by atoms with E-state index in [0.29, 0.717) is 34.8 Å². The van der Waals surface area contributed by atoms with Gasteiger partial charge in [-0.3, -0.25) is 9.36 Å². The monoisotopic (exact) mass is 731 g/mol. The van der Waals surface area contributed by atoms with Gasteiger partial charge in [0.15, 0.2) is 23.2 Å². The summed E-state index contributed by atoms with van der Waals surface area (Å²) in [5, 5.41) is 14.7. The van der Waals surface area contributed by atoms with E-state index in [9.17, 15) is 9.90 Å². The van der Waals surface area contributed by atoms with Crippen LogP contribution in [0.2, 0.25) is 0 Å². The number of aliphatic hydroxyl groups excluding tert-OH is 1. The molecule has 3 heterocycles. The Balaban J connectivity index is 1.24. The molecule has 1 amide bonds. The molecule has 1 aliphatic rings. The molecule has 6 aromatic rings. The van der Waals surface area contributed by atoms with Gasteiger partial charge in [0.05, 0.1) is 40.4 Å². The number of hydrogen-bond donors (Lipinski definition) is 2. The number of amides is 1. The number of aliphatic hydroxyl groups is 1. The number of benzene rings is 4. The Morgan fingerprint density at radius 2 is 1.41 bits per heavy atom. The summed E-state index contributed by atoms with van der Waals surface area (Å²) in [5.74, 6) is 1.28. The molecule has 2 N–H and O–H groups in total. The van der Waals surface area contributed by atoms with Crippen LogP contribution in [0.4, 0.5) is 5.82 Å². The van der Waals surface area contributed by atoms with Crippen LogP contribution in [0.25, 0.3) is 11.2 Å². The standard InChI is InChI=1S/C41H41N5O8/c1-49-22-23-52-36-35(47)33(54-40(36)46-26-44-34-37(42-25-43-38(34)46)45-39(48)27-10-6-4-7-11-27)24-53-41(28-12-8-5-9-13-28,29-14-18-31(50-2)19-15-29)30-16-20-32(51-3)21-17-30/h4-21,25-26,33,35-36,40,47H,22-24H2,1-3H3,(H,42,43,45,48)/t33-,35?,36?,40-/m1/s1. The van der Waals surface area contributed by atoms with E-state index in [-0.39, 0.29) is 24.9 Å². The van der Waals surface area contributed by atoms with Gasteiger partial charge in [0.25, 0.3) is 5.91 Å². The Labute approximate surface area is 312 Å². The van der Waals surface area contributed by atoms with E-state index in [1.165, 1.54) is 12.7 Å². The van der Waals surface area contributed by atoms with Crippen LogP contribution in [0.5, 0.6) is 11.5 Å². The molecule has 13 heteroatoms. The lowest BCUT2D eigenvalue weighted by atomic mass is 9.80. The van der Waals surface area contributed by atoms with Crippen LogP contribution >= 0.6 is 0 Å². The van der Waals surface area contributed by atoms with Crippen molar-refractivity contribution in [1.29, 1.82) is 0 Å². The molecule has 1 saturated heterocycles. The van der Waals surface area contributed by atoms with E-state index < -0.39 is 30.1 Å². The zero-order valence-electron chi connectivity index (χ0n) is 30.1. The molecule has 0 saturated carbocycles. The first-order chi connectivity index (χ1) is 26.5. The highest BCUT2D eigenvalue weighted by molar-refractivity contribution is 6.06. The number of nitrogens with one attached hydrogen (secondary N) is 1. The Morgan fingerprint density at radius 1 is 0.796 bits per heavy atom. The van der Waals surface area contributed by atoms with Crippen molar-refractivity contribution in [2.75, 3.05) is 46.5 Å². The van der Waals surface area contributed by atoms with Crippen molar-refractivity contribution >= 4 is 22.9 Å². The molecule has 1 aliphatic heterocycles. The van der Waals surface area contributed by atoms with Crippen LogP contribution in [-0.4, -0.2) is 90.0 Å². The Hall–Kier alpha value is -5.70. The van der Waals surface area contributed by atoms with E-state index in [4.69, 9.17) is 28.4 Å². The van der Waals surface area contributed by atoms with Crippen molar-refractivity contribution in [3.8, 4) is 11.5 Å². The molecule has 2 unspecified atom stereocenters. The second-order valence-electron chi connectivity index (χ2n) is 12.6. The molecule has 1 fully saturated rings. The van der Waals surface area contributed by atoms with Gasteiger partial charge in [-0.2, -0.15) is 0 Å². The highest BCUT2D eigenvalue weighted by atomic mass is 16.6. The molecule has 0 spiro atoms. The molecule has 278 valence electrons. The van der Waals surface area contributed by atoms with Crippen molar-refractivity contribution < 1.29 is 38.3 Å². The van der Waals surface area contributed by atoms with E-state index in [1.807, 2.05) is 84.9 Å². The Kier molecular flexibility index (Phi) is 11.2. The van der Waals surface area contributed by atoms with Crippen molar-refractivity contribution in [3.63, 3.8) is 0 Å². The van der Waals surface area contributed by atoms with E-state index in [2.05, 4.69) is 20.3 Å². The van der Waals surface area contributed by atoms with Crippen LogP contribution in [0.15, 0.2) is 122 Å². The van der Waals surface area contributed by atoms with E-state index in [0.717, 1.165) is 16.7 Å². The van der Waals surface area contributed by atoms with Gasteiger partial charge in [-0.1, -0.05) is 72.8 Å². The number of rotatable bonds is 15. The Bertz CT molecular complexity index is 2080. The maximum atomic E-state index is 13.0. The van der Waals surface area contributed by atoms with Crippen molar-refractivity contribution in [1.82, 2.24) is 19.5 Å². The number of methoxy groups -OCH3 is 3. The highest BCUT2D eigenvalue weighted by Gasteiger charge is 2.48. The predicted octanol–water partition coefficient (Wildman–Crippen LogP) is 5.39. The highest BCUT2D eigenvalue weighted by Crippen LogP contribution is 2.43. The molecule has 7 rings (SSSR count). The molecule has 54 heavy (non-hydrogen) atoms. The van der Waals surface area contributed by atoms with Crippen LogP contribution in [0, 0.1) is 0 Å². The fourth-order valence-electron chi connectivity index (χ4n) is 6.71. The lowest BCUT2D eigenvalue weighted by Crippen LogP contribution is -2.40. The molecule has 2 aromatic heterocycles. The lowest BCUT2D eigenvalue weighted by molar-refractivity contribution is -0.0970. The number of fused-ring (bicyclic) bond motifs is 1. The summed E-state index contributed by atoms with van der Waals surface area (Å²) < 4.78 is 37.8. The van der Waals surface area contributed by atoms with Gasteiger partial charge < -0.3 is 38.8 Å². The van der Waals surface area contributed by atoms with E-state index >= 15 is 0 Å². The number of nitrogens with zero attached hydrogens (tertiary/aromatic N) is 4. The SMILES string of the molecule is COCCOC1C(O)[C@@H](COC(c2ccccc2)(c2ccc(OC)cc2)c2ccc(OC)cc2)O[C@H]1n1cnc2c(NC(=O)c3ccccc3)ncnc21. The number of aromatic nitrogens is 4. The molecule has 4 atom stereocenters. The molecule has 0 bridgehead atoms. The van der Waals surface area contributed by atoms with Crippen LogP contribution < -0.4 is 14.8 Å². The molecule has 0 aliphatic carbocycles. The third kappa shape index (κ3) is 7.27. The van der Waals surface area contributed by atoms with Crippen LogP contribution in [0.1, 0.15) is 33.3 Å². The molecular formula is C41H41N5O8. The predicted molar refractivity (Wildman–Crippen MR) is 200 cm³/mol. The maximum absolute atomic E-state index is 13.0. The van der Waals surface area contributed by atoms with Crippen LogP contribution in [-0.2, 0) is 24.5 Å². The zero-order chi connectivity index (χ0) is 37.5. The smallest absolute Gasteiger partial charge is 0.256 e. The first-order valence-corrected chi connectivity index (χ1v) is 17.4. The van der Waals surface area contributed by atoms with Gasteiger partial charge in [0.2, 0.25) is 0 Å². The fraction of sp³-hybridized carbons (Fsp3) is 0.268. The average Bonchev–Trinajstić information content (AvgIpc) is 3.80. The first-order valence-electron chi connectivity index (χ1n) is 17.4. The molecule has 13 nitrogen and oxygen atoms in total. The Morgan fingerprint density at radius 3 is 2.02 bits per heavy atom. The van der Waals surface area contributed by atoms with Crippen LogP contribution in [0.3, 0.4) is 0 Å². The topological polar surface area (TPSA) is 148 Å². The lowest BCUT2D eigenvalue weighted by Gasteiger charge is -2.37. The van der Waals surface area contributed by atoms with Crippen molar-refractivity contribution in [3.05, 3.63) is 144 Å². The summed E-state index contributed by atoms with van der Waals surface area (Å²) in [4.78, 5) is 26.3. The second kappa shape index (κ2) is 16.5. The normalized spacial score (nSPS) is 18.4. The number of hydrogen-bond acceptors (Lipinski definition) is 11. The van der Waals surface area contributed by atoms with Gasteiger partial charge in [-0.15, -0.1) is 0 Å². The van der Waals surface area contributed by atoms with E-state index in [1.54, 1.807) is 50.2 Å². The number of ether oxygens (including phenoxy) is 6. The maximum Gasteiger partial charge on any atom is 0.256 e. The summed E-state index contributed by atoms with van der Waals surface area (Å²) in [6.07, 6.45) is -0.866. The molecule has 0 radical (unpaired) electrons. The molecular weight excluding hydrogens is 690 g/mol. The van der Waals surface area contributed by atoms with Crippen molar-refractivity contribution in [2.45, 2.75) is 30.1 Å². The van der Waals surface area contributed by atoms with Gasteiger partial charge in [0, 0.05) is 12.7 Å². The summed E-state index contributed by atoms with van der Waals surface area (Å²) in [7, 11) is 4.82. The minimum Gasteiger partial charge on any atom is -0.497 e. The summed E-state index contributed by atoms with van der Waals surface area (Å²) >= 11 is 0. The largest absolute Gasteiger partial charge is 0.497 e. The first kappa shape index (κ1) is 36.6. The van der Waals surface area contributed by atoms with Gasteiger partial charge >= 0.3 is 0 Å². The summed E-state index contributed by atoms with van der Waals surface area (Å²) in [5.41, 5.74) is 2.57. The summed E-state index contributed by atoms with van der Waals surface area (Å²) in [6, 6.07) is 34.1. The quantitative estimate of drug-likeness (QED) is 0.103. The number of anilines is 1. The van der Waals surface area contributed by atoms with Crippen molar-refractivity contribution in [2.24, 2.45) is 0 Å². The van der Waals surface area contributed by atoms with Gasteiger partial charge in [-0.25, -0.2) is 15.0 Å². The number of imidazole rings is 1. The minimum absolute atomic E-state index is 0.0469. The second-order valence-corrected chi connectivity index (χ2v) is 12.6. The van der Waals surface area contributed by atoms with Gasteiger partial charge in [0.1, 0.15) is 41.7 Å². The third-order valence-electron chi connectivity index (χ3n) is 9.45. The molecule has 4 aromatic carbocycles. The fourth-order valence-corrected chi connectivity index (χ4v) is 6.71. The average molecular weight is 732 g/mol. The summed E-state index contributed by atoms with van der Waals surface area (Å²) in [6.45, 7) is 0.442. The number of carbonyl (C=O) groups is 1. The zero-order valence-corrected chi connectivity index (χ0v) is 30.1. The minimum atomic E-state index is -1.14. The number of carbonyl (C=O) groups excluding carboxylic acids is 1. The van der Waals surface area contributed by atoms with Gasteiger partial charge in [-0.05, 0) is 53.1 Å². The third-order valence-corrected chi connectivity index (χ3v) is 9.45.